The van der Waals surface area contributed by atoms with E-state index in [1.54, 1.807) is 0 Å². The first kappa shape index (κ1) is 13.9. The van der Waals surface area contributed by atoms with Gasteiger partial charge in [0.05, 0.1) is 23.2 Å². The normalized spacial score (nSPS) is 21.8. The van der Waals surface area contributed by atoms with E-state index in [9.17, 15) is 8.42 Å². The number of aromatic nitrogens is 2. The Hall–Kier alpha value is -1.05. The molecule has 0 aliphatic carbocycles. The highest BCUT2D eigenvalue weighted by Crippen LogP contribution is 2.21. The molecular weight excluding hydrogens is 294 g/mol. The van der Waals surface area contributed by atoms with Gasteiger partial charge in [-0.15, -0.1) is 0 Å². The van der Waals surface area contributed by atoms with Gasteiger partial charge in [0.15, 0.2) is 9.84 Å². The lowest BCUT2D eigenvalue weighted by molar-refractivity contribution is 0.215. The van der Waals surface area contributed by atoms with Crippen LogP contribution in [0.5, 0.6) is 0 Å². The highest BCUT2D eigenvalue weighted by atomic mass is 32.2. The molecule has 1 fully saturated rings. The topological polar surface area (TPSA) is 63.2 Å². The van der Waals surface area contributed by atoms with Crippen molar-refractivity contribution in [1.29, 1.82) is 0 Å². The highest BCUT2D eigenvalue weighted by molar-refractivity contribution is 7.91. The molecule has 7 heteroatoms. The van der Waals surface area contributed by atoms with Gasteiger partial charge in [0.25, 0.3) is 0 Å². The molecule has 20 heavy (non-hydrogen) atoms. The van der Waals surface area contributed by atoms with E-state index in [0.29, 0.717) is 11.5 Å². The summed E-state index contributed by atoms with van der Waals surface area (Å²) in [6, 6.07) is 6.23. The van der Waals surface area contributed by atoms with E-state index in [4.69, 9.17) is 0 Å². The second kappa shape index (κ2) is 5.38. The standard InChI is InChI=1S/C13H17N3O2S2/c1-2-16(11-5-6-20(17,18)9-11)8-10-3-4-12-13(7-10)15-19-14-12/h3-4,7,11H,2,5-6,8-9H2,1H3. The molecule has 0 amide bonds. The van der Waals surface area contributed by atoms with Crippen molar-refractivity contribution in [2.24, 2.45) is 0 Å². The maximum absolute atomic E-state index is 11.6. The third kappa shape index (κ3) is 2.84. The Morgan fingerprint density at radius 2 is 2.15 bits per heavy atom. The van der Waals surface area contributed by atoms with Crippen molar-refractivity contribution in [3.63, 3.8) is 0 Å². The van der Waals surface area contributed by atoms with Crippen molar-refractivity contribution in [3.05, 3.63) is 23.8 Å². The van der Waals surface area contributed by atoms with Gasteiger partial charge in [0.2, 0.25) is 0 Å². The summed E-state index contributed by atoms with van der Waals surface area (Å²) < 4.78 is 31.7. The van der Waals surface area contributed by atoms with Crippen LogP contribution >= 0.6 is 11.7 Å². The Morgan fingerprint density at radius 3 is 2.85 bits per heavy atom. The van der Waals surface area contributed by atoms with Gasteiger partial charge in [-0.05, 0) is 30.7 Å². The number of fused-ring (bicyclic) bond motifs is 1. The molecule has 0 saturated carbocycles. The van der Waals surface area contributed by atoms with E-state index < -0.39 is 9.84 Å². The van der Waals surface area contributed by atoms with Crippen LogP contribution in [0.3, 0.4) is 0 Å². The van der Waals surface area contributed by atoms with Gasteiger partial charge in [0.1, 0.15) is 11.0 Å². The largest absolute Gasteiger partial charge is 0.295 e. The van der Waals surface area contributed by atoms with Crippen molar-refractivity contribution in [1.82, 2.24) is 13.6 Å². The fourth-order valence-electron chi connectivity index (χ4n) is 2.72. The van der Waals surface area contributed by atoms with Crippen molar-refractivity contribution < 1.29 is 8.42 Å². The average Bonchev–Trinajstić information content (AvgIpc) is 3.01. The Bertz CT molecular complexity index is 711. The SMILES string of the molecule is CCN(Cc1ccc2nsnc2c1)C1CCS(=O)(=O)C1. The quantitative estimate of drug-likeness (QED) is 0.860. The van der Waals surface area contributed by atoms with Gasteiger partial charge >= 0.3 is 0 Å². The Kier molecular flexibility index (Phi) is 3.74. The van der Waals surface area contributed by atoms with Gasteiger partial charge in [-0.3, -0.25) is 4.90 Å². The molecule has 2 aromatic rings. The van der Waals surface area contributed by atoms with Gasteiger partial charge in [-0.25, -0.2) is 8.42 Å². The minimum atomic E-state index is -2.83. The summed E-state index contributed by atoms with van der Waals surface area (Å²) in [6.07, 6.45) is 0.747. The molecular formula is C13H17N3O2S2. The first-order chi connectivity index (χ1) is 9.57. The molecule has 0 spiro atoms. The molecule has 0 N–H and O–H groups in total. The summed E-state index contributed by atoms with van der Waals surface area (Å²) in [5.41, 5.74) is 3.00. The summed E-state index contributed by atoms with van der Waals surface area (Å²) in [5.74, 6) is 0.616. The molecule has 1 aliphatic rings. The third-order valence-corrected chi connectivity index (χ3v) is 6.14. The molecule has 1 unspecified atom stereocenters. The zero-order valence-electron chi connectivity index (χ0n) is 11.3. The van der Waals surface area contributed by atoms with E-state index in [-0.39, 0.29) is 6.04 Å². The predicted octanol–water partition coefficient (Wildman–Crippen LogP) is 1.70. The minimum absolute atomic E-state index is 0.147. The zero-order valence-corrected chi connectivity index (χ0v) is 13.0. The first-order valence-corrected chi connectivity index (χ1v) is 9.28. The summed E-state index contributed by atoms with van der Waals surface area (Å²) >= 11 is 1.22. The molecule has 108 valence electrons. The number of hydrogen-bond acceptors (Lipinski definition) is 6. The smallest absolute Gasteiger partial charge is 0.151 e. The monoisotopic (exact) mass is 311 g/mol. The van der Waals surface area contributed by atoms with Crippen LogP contribution in [0.4, 0.5) is 0 Å². The van der Waals surface area contributed by atoms with Crippen LogP contribution in [0.1, 0.15) is 18.9 Å². The summed E-state index contributed by atoms with van der Waals surface area (Å²) in [6.45, 7) is 3.70. The van der Waals surface area contributed by atoms with Crippen LogP contribution in [0.15, 0.2) is 18.2 Å². The number of hydrogen-bond donors (Lipinski definition) is 0. The maximum Gasteiger partial charge on any atom is 0.151 e. The molecule has 0 bridgehead atoms. The van der Waals surface area contributed by atoms with Crippen LogP contribution in [-0.4, -0.2) is 46.2 Å². The maximum atomic E-state index is 11.6. The second-order valence-corrected chi connectivity index (χ2v) is 7.96. The van der Waals surface area contributed by atoms with E-state index in [1.807, 2.05) is 12.1 Å². The molecule has 5 nitrogen and oxygen atoms in total. The number of benzene rings is 1. The van der Waals surface area contributed by atoms with E-state index >= 15 is 0 Å². The lowest BCUT2D eigenvalue weighted by Crippen LogP contribution is -2.35. The van der Waals surface area contributed by atoms with Crippen LogP contribution < -0.4 is 0 Å². The average molecular weight is 311 g/mol. The summed E-state index contributed by atoms with van der Waals surface area (Å²) in [4.78, 5) is 2.24. The van der Waals surface area contributed by atoms with Gasteiger partial charge < -0.3 is 0 Å². The van der Waals surface area contributed by atoms with Crippen molar-refractivity contribution >= 4 is 32.6 Å². The summed E-state index contributed by atoms with van der Waals surface area (Å²) in [7, 11) is -2.83. The molecule has 1 aromatic heterocycles. The van der Waals surface area contributed by atoms with Gasteiger partial charge in [0, 0.05) is 12.6 Å². The predicted molar refractivity (Wildman–Crippen MR) is 80.6 cm³/mol. The Balaban J connectivity index is 1.77. The lowest BCUT2D eigenvalue weighted by Gasteiger charge is -2.26. The van der Waals surface area contributed by atoms with Crippen LogP contribution in [0.25, 0.3) is 11.0 Å². The Morgan fingerprint density at radius 1 is 1.35 bits per heavy atom. The third-order valence-electron chi connectivity index (χ3n) is 3.83. The van der Waals surface area contributed by atoms with Crippen molar-refractivity contribution in [2.45, 2.75) is 25.9 Å². The highest BCUT2D eigenvalue weighted by Gasteiger charge is 2.31. The van der Waals surface area contributed by atoms with E-state index in [0.717, 1.165) is 36.1 Å². The molecule has 2 heterocycles. The van der Waals surface area contributed by atoms with Crippen molar-refractivity contribution in [3.8, 4) is 0 Å². The fourth-order valence-corrected chi connectivity index (χ4v) is 5.00. The molecule has 1 atom stereocenters. The second-order valence-electron chi connectivity index (χ2n) is 5.21. The lowest BCUT2D eigenvalue weighted by atomic mass is 10.1. The summed E-state index contributed by atoms with van der Waals surface area (Å²) in [5, 5.41) is 0. The number of sulfone groups is 1. The van der Waals surface area contributed by atoms with Crippen LogP contribution in [0, 0.1) is 0 Å². The van der Waals surface area contributed by atoms with Crippen molar-refractivity contribution in [2.75, 3.05) is 18.1 Å². The molecule has 0 radical (unpaired) electrons. The van der Waals surface area contributed by atoms with Gasteiger partial charge in [-0.2, -0.15) is 8.75 Å². The molecule has 1 aromatic carbocycles. The molecule has 1 aliphatic heterocycles. The number of rotatable bonds is 4. The van der Waals surface area contributed by atoms with Crippen LogP contribution in [-0.2, 0) is 16.4 Å². The first-order valence-electron chi connectivity index (χ1n) is 6.73. The van der Waals surface area contributed by atoms with Gasteiger partial charge in [-0.1, -0.05) is 13.0 Å². The van der Waals surface area contributed by atoms with E-state index in [1.165, 1.54) is 11.7 Å². The Labute approximate surface area is 122 Å². The molecule has 1 saturated heterocycles. The number of nitrogens with zero attached hydrogens (tertiary/aromatic N) is 3. The van der Waals surface area contributed by atoms with Crippen LogP contribution in [0.2, 0.25) is 0 Å². The van der Waals surface area contributed by atoms with E-state index in [2.05, 4.69) is 26.6 Å². The fraction of sp³-hybridized carbons (Fsp3) is 0.538. The zero-order chi connectivity index (χ0) is 14.2. The molecule has 3 rings (SSSR count). The minimum Gasteiger partial charge on any atom is -0.295 e.